The van der Waals surface area contributed by atoms with E-state index in [2.05, 4.69) is 10.4 Å². The Morgan fingerprint density at radius 1 is 1.27 bits per heavy atom. The number of nitrogens with one attached hydrogen (secondary N) is 1. The molecule has 0 amide bonds. The molecule has 1 atom stereocenters. The van der Waals surface area contributed by atoms with Gasteiger partial charge in [-0.1, -0.05) is 12.1 Å². The largest absolute Gasteiger partial charge is 0.469 e. The summed E-state index contributed by atoms with van der Waals surface area (Å²) in [5.74, 6) is -3.31. The van der Waals surface area contributed by atoms with Gasteiger partial charge in [0.1, 0.15) is 0 Å². The maximum atomic E-state index is 14.6. The first-order chi connectivity index (χ1) is 14.2. The van der Waals surface area contributed by atoms with E-state index in [1.807, 2.05) is 48.9 Å². The van der Waals surface area contributed by atoms with Gasteiger partial charge in [-0.15, -0.1) is 0 Å². The monoisotopic (exact) mass is 418 g/mol. The molecule has 1 aromatic heterocycles. The highest BCUT2D eigenvalue weighted by molar-refractivity contribution is 5.70. The van der Waals surface area contributed by atoms with Crippen molar-refractivity contribution in [1.82, 2.24) is 20.0 Å². The van der Waals surface area contributed by atoms with Crippen molar-refractivity contribution in [1.29, 1.82) is 0 Å². The topological polar surface area (TPSA) is 59.4 Å². The van der Waals surface area contributed by atoms with Crippen LogP contribution in [0.2, 0.25) is 0 Å². The fraction of sp³-hybridized carbons (Fsp3) is 0.545. The predicted molar refractivity (Wildman–Crippen MR) is 109 cm³/mol. The van der Waals surface area contributed by atoms with Crippen molar-refractivity contribution in [2.75, 3.05) is 39.8 Å². The number of nitrogens with zero attached hydrogens (tertiary/aromatic N) is 3. The first kappa shape index (κ1) is 20.9. The number of hydrogen-bond acceptors (Lipinski definition) is 5. The van der Waals surface area contributed by atoms with E-state index in [0.29, 0.717) is 26.2 Å². The number of esters is 1. The van der Waals surface area contributed by atoms with Crippen LogP contribution in [-0.4, -0.2) is 66.4 Å². The molecular formula is C22H28F2N4O2. The van der Waals surface area contributed by atoms with Crippen LogP contribution in [0.5, 0.6) is 0 Å². The van der Waals surface area contributed by atoms with Crippen LogP contribution in [0.3, 0.4) is 0 Å². The summed E-state index contributed by atoms with van der Waals surface area (Å²) in [5.41, 5.74) is 2.75. The summed E-state index contributed by atoms with van der Waals surface area (Å²) in [6, 6.07) is 9.80. The Kier molecular flexibility index (Phi) is 5.40. The summed E-state index contributed by atoms with van der Waals surface area (Å²) >= 11 is 0. The van der Waals surface area contributed by atoms with Crippen molar-refractivity contribution in [3.63, 3.8) is 0 Å². The number of likely N-dealkylation sites (tertiary alicyclic amines) is 1. The number of aryl methyl sites for hydroxylation is 2. The minimum atomic E-state index is -2.72. The van der Waals surface area contributed by atoms with Gasteiger partial charge in [0.15, 0.2) is 0 Å². The van der Waals surface area contributed by atoms with Crippen molar-refractivity contribution < 1.29 is 18.3 Å². The summed E-state index contributed by atoms with van der Waals surface area (Å²) in [5, 5.41) is 7.52. The van der Waals surface area contributed by atoms with Crippen LogP contribution < -0.4 is 5.32 Å². The van der Waals surface area contributed by atoms with Crippen molar-refractivity contribution in [2.24, 2.45) is 5.41 Å². The molecule has 1 spiro atoms. The highest BCUT2D eigenvalue weighted by Crippen LogP contribution is 2.47. The van der Waals surface area contributed by atoms with Gasteiger partial charge in [-0.3, -0.25) is 9.69 Å². The minimum Gasteiger partial charge on any atom is -0.469 e. The van der Waals surface area contributed by atoms with Crippen LogP contribution in [0.15, 0.2) is 30.3 Å². The molecule has 1 aromatic carbocycles. The molecule has 0 radical (unpaired) electrons. The fourth-order valence-electron chi connectivity index (χ4n) is 4.66. The van der Waals surface area contributed by atoms with E-state index >= 15 is 0 Å². The van der Waals surface area contributed by atoms with E-state index in [9.17, 15) is 13.6 Å². The SMILES string of the molecule is COC(=O)C[C@H](CN1CC(F)(F)C2(CNC2)C1)c1cccc(-n2nc(C)cc2C)c1. The number of alkyl halides is 2. The molecule has 0 bridgehead atoms. The smallest absolute Gasteiger partial charge is 0.306 e. The third-order valence-electron chi connectivity index (χ3n) is 6.37. The number of aromatic nitrogens is 2. The normalized spacial score (nSPS) is 20.8. The zero-order chi connectivity index (χ0) is 21.5. The summed E-state index contributed by atoms with van der Waals surface area (Å²) in [6.45, 7) is 5.04. The summed E-state index contributed by atoms with van der Waals surface area (Å²) < 4.78 is 36.0. The third-order valence-corrected chi connectivity index (χ3v) is 6.37. The molecular weight excluding hydrogens is 390 g/mol. The lowest BCUT2D eigenvalue weighted by atomic mass is 9.78. The Labute approximate surface area is 175 Å². The molecule has 0 saturated carbocycles. The van der Waals surface area contributed by atoms with Gasteiger partial charge in [0, 0.05) is 37.8 Å². The molecule has 6 nitrogen and oxygen atoms in total. The second-order valence-electron chi connectivity index (χ2n) is 8.67. The second kappa shape index (κ2) is 7.74. The highest BCUT2D eigenvalue weighted by Gasteiger charge is 2.62. The summed E-state index contributed by atoms with van der Waals surface area (Å²) in [4.78, 5) is 13.9. The number of methoxy groups -OCH3 is 1. The first-order valence-electron chi connectivity index (χ1n) is 10.2. The molecule has 0 aliphatic carbocycles. The predicted octanol–water partition coefficient (Wildman–Crippen LogP) is 2.68. The molecule has 162 valence electrons. The Morgan fingerprint density at radius 2 is 2.03 bits per heavy atom. The first-order valence-corrected chi connectivity index (χ1v) is 10.2. The van der Waals surface area contributed by atoms with Gasteiger partial charge in [0.25, 0.3) is 5.92 Å². The number of benzene rings is 1. The molecule has 0 unspecified atom stereocenters. The third kappa shape index (κ3) is 3.74. The maximum Gasteiger partial charge on any atom is 0.306 e. The zero-order valence-corrected chi connectivity index (χ0v) is 17.6. The van der Waals surface area contributed by atoms with Crippen LogP contribution >= 0.6 is 0 Å². The van der Waals surface area contributed by atoms with Crippen molar-refractivity contribution in [3.8, 4) is 5.69 Å². The number of rotatable bonds is 6. The highest BCUT2D eigenvalue weighted by atomic mass is 19.3. The number of halogens is 2. The molecule has 2 fully saturated rings. The number of carbonyl (C=O) groups is 1. The van der Waals surface area contributed by atoms with Crippen LogP contribution in [0.25, 0.3) is 5.69 Å². The molecule has 8 heteroatoms. The van der Waals surface area contributed by atoms with Crippen LogP contribution in [0.1, 0.15) is 29.3 Å². The number of carbonyl (C=O) groups excluding carboxylic acids is 1. The lowest BCUT2D eigenvalue weighted by molar-refractivity contribution is -0.141. The van der Waals surface area contributed by atoms with Crippen molar-refractivity contribution in [2.45, 2.75) is 32.1 Å². The van der Waals surface area contributed by atoms with E-state index in [0.717, 1.165) is 22.6 Å². The van der Waals surface area contributed by atoms with E-state index in [1.54, 1.807) is 4.90 Å². The molecule has 3 heterocycles. The van der Waals surface area contributed by atoms with Crippen LogP contribution in [0, 0.1) is 19.3 Å². The zero-order valence-electron chi connectivity index (χ0n) is 17.6. The van der Waals surface area contributed by atoms with E-state index < -0.39 is 11.3 Å². The lowest BCUT2D eigenvalue weighted by Gasteiger charge is -2.42. The molecule has 1 N–H and O–H groups in total. The molecule has 30 heavy (non-hydrogen) atoms. The summed E-state index contributed by atoms with van der Waals surface area (Å²) in [7, 11) is 1.35. The Hall–Kier alpha value is -2.32. The van der Waals surface area contributed by atoms with Gasteiger partial charge >= 0.3 is 5.97 Å². The maximum absolute atomic E-state index is 14.6. The van der Waals surface area contributed by atoms with Gasteiger partial charge < -0.3 is 10.1 Å². The van der Waals surface area contributed by atoms with Gasteiger partial charge in [-0.05, 0) is 37.6 Å². The average molecular weight is 418 g/mol. The lowest BCUT2D eigenvalue weighted by Crippen LogP contribution is -2.62. The van der Waals surface area contributed by atoms with Crippen LogP contribution in [0.4, 0.5) is 8.78 Å². The Morgan fingerprint density at radius 3 is 2.60 bits per heavy atom. The quantitative estimate of drug-likeness (QED) is 0.731. The second-order valence-corrected chi connectivity index (χ2v) is 8.67. The number of ether oxygens (including phenoxy) is 1. The standard InChI is InChI=1S/C22H28F2N4O2/c1-15-7-16(2)28(26-15)19-6-4-5-17(8-19)18(9-20(29)30-3)10-27-13-21(11-25-12-21)22(23,24)14-27/h4-8,18,25H,9-14H2,1-3H3/t18-/m1/s1. The van der Waals surface area contributed by atoms with Crippen molar-refractivity contribution >= 4 is 5.97 Å². The molecule has 2 aliphatic heterocycles. The molecule has 2 aromatic rings. The van der Waals surface area contributed by atoms with Gasteiger partial charge in [0.2, 0.25) is 0 Å². The molecule has 2 saturated heterocycles. The molecule has 4 rings (SSSR count). The van der Waals surface area contributed by atoms with Crippen molar-refractivity contribution in [3.05, 3.63) is 47.3 Å². The average Bonchev–Trinajstić information content (AvgIpc) is 3.15. The number of hydrogen-bond donors (Lipinski definition) is 1. The van der Waals surface area contributed by atoms with Gasteiger partial charge in [0.05, 0.1) is 36.9 Å². The fourth-order valence-corrected chi connectivity index (χ4v) is 4.66. The van der Waals surface area contributed by atoms with E-state index in [1.165, 1.54) is 7.11 Å². The summed E-state index contributed by atoms with van der Waals surface area (Å²) in [6.07, 6.45) is 0.143. The Balaban J connectivity index is 1.59. The van der Waals surface area contributed by atoms with E-state index in [4.69, 9.17) is 4.74 Å². The van der Waals surface area contributed by atoms with Crippen LogP contribution in [-0.2, 0) is 9.53 Å². The van der Waals surface area contributed by atoms with E-state index in [-0.39, 0.29) is 24.9 Å². The molecule has 2 aliphatic rings. The van der Waals surface area contributed by atoms with Gasteiger partial charge in [-0.2, -0.15) is 5.10 Å². The minimum absolute atomic E-state index is 0.143. The Bertz CT molecular complexity index is 939. The van der Waals surface area contributed by atoms with Gasteiger partial charge in [-0.25, -0.2) is 13.5 Å².